The Morgan fingerprint density at radius 3 is 2.19 bits per heavy atom. The lowest BCUT2D eigenvalue weighted by Crippen LogP contribution is -2.57. The van der Waals surface area contributed by atoms with Crippen LogP contribution in [0.1, 0.15) is 76.5 Å². The van der Waals surface area contributed by atoms with Gasteiger partial charge in [-0.25, -0.2) is 4.79 Å². The number of benzene rings is 1. The number of alkyl carbamates (subject to hydrolysis) is 1. The number of nitrogens with one attached hydrogen (secondary N) is 2. The molecule has 236 valence electrons. The van der Waals surface area contributed by atoms with Crippen molar-refractivity contribution >= 4 is 23.7 Å². The van der Waals surface area contributed by atoms with Gasteiger partial charge >= 0.3 is 6.09 Å². The summed E-state index contributed by atoms with van der Waals surface area (Å²) in [6.45, 7) is 11.3. The SMILES string of the molecule is COC(=O)N[C@H](C(=O)N1CCC[C@H]1C(=O)N[C@@H](C(=O)c1nnc(C(C)(C)c2ccc(OC)c(OC)c2)o1)C(C)C)C(C)C. The first kappa shape index (κ1) is 33.3. The summed E-state index contributed by atoms with van der Waals surface area (Å²) < 4.78 is 21.3. The highest BCUT2D eigenvalue weighted by atomic mass is 16.5. The van der Waals surface area contributed by atoms with Crippen LogP contribution in [0.4, 0.5) is 4.79 Å². The average Bonchev–Trinajstić information content (AvgIpc) is 3.68. The van der Waals surface area contributed by atoms with E-state index in [0.29, 0.717) is 30.9 Å². The molecule has 2 N–H and O–H groups in total. The number of likely N-dealkylation sites (tertiary alicyclic amines) is 1. The highest BCUT2D eigenvalue weighted by molar-refractivity contribution is 6.00. The van der Waals surface area contributed by atoms with E-state index in [0.717, 1.165) is 5.56 Å². The molecule has 1 fully saturated rings. The van der Waals surface area contributed by atoms with E-state index < -0.39 is 41.3 Å². The molecule has 2 aromatic rings. The second-order valence-corrected chi connectivity index (χ2v) is 11.7. The third kappa shape index (κ3) is 7.26. The Hall–Kier alpha value is -4.16. The fourth-order valence-corrected chi connectivity index (χ4v) is 5.02. The van der Waals surface area contributed by atoms with Crippen LogP contribution in [0.5, 0.6) is 11.5 Å². The zero-order valence-electron chi connectivity index (χ0n) is 26.3. The number of methoxy groups -OCH3 is 3. The first-order chi connectivity index (χ1) is 20.3. The van der Waals surface area contributed by atoms with Crippen LogP contribution in [-0.2, 0) is 19.7 Å². The molecular formula is C30H43N5O8. The number of hydrogen-bond donors (Lipinski definition) is 2. The predicted octanol–water partition coefficient (Wildman–Crippen LogP) is 3.11. The van der Waals surface area contributed by atoms with E-state index in [1.54, 1.807) is 54.0 Å². The summed E-state index contributed by atoms with van der Waals surface area (Å²) in [7, 11) is 4.31. The molecule has 1 aromatic heterocycles. The van der Waals surface area contributed by atoms with Crippen molar-refractivity contribution in [3.63, 3.8) is 0 Å². The molecule has 0 unspecified atom stereocenters. The standard InChI is InChI=1S/C30H43N5O8/c1-16(2)22(31-25(37)19-11-10-14-35(19)27(38)23(17(3)4)32-29(39)42-9)24(36)26-33-34-28(43-26)30(5,6)18-12-13-20(40-7)21(15-18)41-8/h12-13,15-17,19,22-23H,10-11,14H2,1-9H3,(H,31,37)(H,32,39)/t19-,22+,23-/m0/s1. The molecule has 0 aliphatic carbocycles. The molecule has 0 bridgehead atoms. The Bertz CT molecular complexity index is 1320. The number of ketones is 1. The van der Waals surface area contributed by atoms with Gasteiger partial charge in [0.05, 0.1) is 32.8 Å². The molecule has 1 aliphatic heterocycles. The monoisotopic (exact) mass is 601 g/mol. The van der Waals surface area contributed by atoms with E-state index in [9.17, 15) is 19.2 Å². The number of hydrogen-bond acceptors (Lipinski definition) is 10. The van der Waals surface area contributed by atoms with Crippen molar-refractivity contribution in [2.24, 2.45) is 11.8 Å². The maximum atomic E-state index is 13.6. The number of carbonyl (C=O) groups excluding carboxylic acids is 4. The van der Waals surface area contributed by atoms with Gasteiger partial charge in [-0.1, -0.05) is 33.8 Å². The minimum atomic E-state index is -0.975. The van der Waals surface area contributed by atoms with E-state index in [1.807, 2.05) is 19.9 Å². The van der Waals surface area contributed by atoms with Crippen molar-refractivity contribution in [3.8, 4) is 11.5 Å². The number of carbonyl (C=O) groups is 4. The Morgan fingerprint density at radius 1 is 0.953 bits per heavy atom. The van der Waals surface area contributed by atoms with E-state index in [2.05, 4.69) is 25.6 Å². The minimum Gasteiger partial charge on any atom is -0.493 e. The summed E-state index contributed by atoms with van der Waals surface area (Å²) in [6, 6.07) is 2.79. The summed E-state index contributed by atoms with van der Waals surface area (Å²) in [5.74, 6) is -0.864. The van der Waals surface area contributed by atoms with Crippen LogP contribution in [0.25, 0.3) is 0 Å². The maximum absolute atomic E-state index is 13.6. The highest BCUT2D eigenvalue weighted by Crippen LogP contribution is 2.36. The second kappa shape index (κ2) is 13.9. The average molecular weight is 602 g/mol. The van der Waals surface area contributed by atoms with Gasteiger partial charge in [-0.3, -0.25) is 14.4 Å². The third-order valence-electron chi connectivity index (χ3n) is 7.75. The topological polar surface area (TPSA) is 162 Å². The van der Waals surface area contributed by atoms with E-state index in [1.165, 1.54) is 12.0 Å². The Morgan fingerprint density at radius 2 is 1.60 bits per heavy atom. The third-order valence-corrected chi connectivity index (χ3v) is 7.75. The lowest BCUT2D eigenvalue weighted by Gasteiger charge is -2.31. The zero-order chi connectivity index (χ0) is 32.1. The molecule has 1 saturated heterocycles. The lowest BCUT2D eigenvalue weighted by atomic mass is 9.84. The largest absolute Gasteiger partial charge is 0.493 e. The van der Waals surface area contributed by atoms with Gasteiger partial charge in [0.2, 0.25) is 23.5 Å². The molecule has 3 amide bonds. The van der Waals surface area contributed by atoms with Gasteiger partial charge < -0.3 is 34.2 Å². The van der Waals surface area contributed by atoms with Crippen LogP contribution < -0.4 is 20.1 Å². The van der Waals surface area contributed by atoms with Gasteiger partial charge in [0, 0.05) is 6.54 Å². The van der Waals surface area contributed by atoms with Crippen LogP contribution in [0.15, 0.2) is 22.6 Å². The Balaban J connectivity index is 1.79. The molecule has 1 aliphatic rings. The summed E-state index contributed by atoms with van der Waals surface area (Å²) in [5, 5.41) is 13.6. The lowest BCUT2D eigenvalue weighted by molar-refractivity contribution is -0.141. The molecule has 0 saturated carbocycles. The van der Waals surface area contributed by atoms with Crippen LogP contribution in [0.3, 0.4) is 0 Å². The maximum Gasteiger partial charge on any atom is 0.407 e. The van der Waals surface area contributed by atoms with E-state index in [4.69, 9.17) is 13.9 Å². The van der Waals surface area contributed by atoms with Crippen LogP contribution in [0.2, 0.25) is 0 Å². The number of rotatable bonds is 12. The van der Waals surface area contributed by atoms with Crippen molar-refractivity contribution in [1.82, 2.24) is 25.7 Å². The van der Waals surface area contributed by atoms with Gasteiger partial charge in [-0.15, -0.1) is 10.2 Å². The van der Waals surface area contributed by atoms with E-state index >= 15 is 0 Å². The van der Waals surface area contributed by atoms with Crippen molar-refractivity contribution in [2.75, 3.05) is 27.9 Å². The molecule has 0 radical (unpaired) electrons. The number of aromatic nitrogens is 2. The molecule has 3 atom stereocenters. The second-order valence-electron chi connectivity index (χ2n) is 11.7. The fourth-order valence-electron chi connectivity index (χ4n) is 5.02. The minimum absolute atomic E-state index is 0.210. The molecule has 0 spiro atoms. The van der Waals surface area contributed by atoms with Crippen LogP contribution in [0, 0.1) is 11.8 Å². The van der Waals surface area contributed by atoms with Crippen molar-refractivity contribution < 1.29 is 37.8 Å². The van der Waals surface area contributed by atoms with Crippen LogP contribution in [-0.4, -0.2) is 84.8 Å². The quantitative estimate of drug-likeness (QED) is 0.346. The summed E-state index contributed by atoms with van der Waals surface area (Å²) in [4.78, 5) is 53.7. The predicted molar refractivity (Wildman–Crippen MR) is 156 cm³/mol. The van der Waals surface area contributed by atoms with Crippen molar-refractivity contribution in [2.45, 2.75) is 77.9 Å². The Labute approximate surface area is 252 Å². The molecule has 3 rings (SSSR count). The smallest absolute Gasteiger partial charge is 0.407 e. The van der Waals surface area contributed by atoms with Crippen molar-refractivity contribution in [1.29, 1.82) is 0 Å². The van der Waals surface area contributed by atoms with Gasteiger partial charge in [0.25, 0.3) is 5.89 Å². The summed E-state index contributed by atoms with van der Waals surface area (Å²) >= 11 is 0. The molecule has 43 heavy (non-hydrogen) atoms. The van der Waals surface area contributed by atoms with Crippen molar-refractivity contribution in [3.05, 3.63) is 35.5 Å². The van der Waals surface area contributed by atoms with E-state index in [-0.39, 0.29) is 29.5 Å². The molecule has 2 heterocycles. The number of ether oxygens (including phenoxy) is 3. The number of nitrogens with zero attached hydrogens (tertiary/aromatic N) is 3. The molecule has 13 nitrogen and oxygen atoms in total. The molecule has 1 aromatic carbocycles. The summed E-state index contributed by atoms with van der Waals surface area (Å²) in [5.41, 5.74) is 0.0197. The normalized spacial score (nSPS) is 16.5. The zero-order valence-corrected chi connectivity index (χ0v) is 26.3. The van der Waals surface area contributed by atoms with Crippen LogP contribution >= 0.6 is 0 Å². The number of amides is 3. The van der Waals surface area contributed by atoms with Gasteiger partial charge in [-0.2, -0.15) is 0 Å². The molecular weight excluding hydrogens is 558 g/mol. The number of Topliss-reactive ketones (excluding diaryl/α,β-unsaturated/α-hetero) is 1. The molecule has 13 heteroatoms. The van der Waals surface area contributed by atoms with Gasteiger partial charge in [0.1, 0.15) is 12.1 Å². The first-order valence-corrected chi connectivity index (χ1v) is 14.3. The van der Waals surface area contributed by atoms with Gasteiger partial charge in [0.15, 0.2) is 11.5 Å². The van der Waals surface area contributed by atoms with Gasteiger partial charge in [-0.05, 0) is 56.2 Å². The summed E-state index contributed by atoms with van der Waals surface area (Å²) in [6.07, 6.45) is 0.292. The Kier molecular flexibility index (Phi) is 10.8. The fraction of sp³-hybridized carbons (Fsp3) is 0.600. The highest BCUT2D eigenvalue weighted by Gasteiger charge is 2.41. The first-order valence-electron chi connectivity index (χ1n) is 14.3.